The number of carboxylic acid groups (broad SMARTS) is 1. The van der Waals surface area contributed by atoms with Crippen molar-refractivity contribution in [1.29, 1.82) is 0 Å². The minimum atomic E-state index is -0.802. The summed E-state index contributed by atoms with van der Waals surface area (Å²) in [6.07, 6.45) is 7.05. The summed E-state index contributed by atoms with van der Waals surface area (Å²) in [6.45, 7) is 2.02. The Morgan fingerprint density at radius 1 is 1.19 bits per heavy atom. The van der Waals surface area contributed by atoms with E-state index in [1.807, 2.05) is 11.8 Å². The number of aliphatic carboxylic acids is 1. The van der Waals surface area contributed by atoms with Gasteiger partial charge in [0.05, 0.1) is 17.7 Å². The number of rotatable bonds is 7. The Morgan fingerprint density at radius 2 is 1.97 bits per heavy atom. The molecule has 4 unspecified atom stereocenters. The van der Waals surface area contributed by atoms with Crippen molar-refractivity contribution < 1.29 is 23.9 Å². The van der Waals surface area contributed by atoms with Gasteiger partial charge in [-0.3, -0.25) is 19.5 Å². The molecule has 0 radical (unpaired) electrons. The number of fused-ring (bicyclic) bond motifs is 1. The molecule has 1 amide bonds. The molecule has 7 nitrogen and oxygen atoms in total. The maximum Gasteiger partial charge on any atom is 0.303 e. The number of oxime groups is 1. The van der Waals surface area contributed by atoms with Crippen LogP contribution in [0.5, 0.6) is 0 Å². The molecule has 172 valence electrons. The normalized spacial score (nSPS) is 35.8. The average molecular weight is 436 g/mol. The Bertz CT molecular complexity index is 747. The van der Waals surface area contributed by atoms with Gasteiger partial charge in [-0.15, -0.1) is 0 Å². The van der Waals surface area contributed by atoms with Crippen molar-refractivity contribution in [3.05, 3.63) is 0 Å². The van der Waals surface area contributed by atoms with E-state index in [-0.39, 0.29) is 36.4 Å². The second kappa shape index (κ2) is 9.65. The molecule has 4 rings (SSSR count). The lowest BCUT2D eigenvalue weighted by Gasteiger charge is -2.45. The number of halogens is 1. The van der Waals surface area contributed by atoms with Crippen LogP contribution >= 0.6 is 0 Å². The molecule has 0 bridgehead atoms. The van der Waals surface area contributed by atoms with E-state index in [0.717, 1.165) is 37.2 Å². The SMILES string of the molecule is CC1CC(C2CCC3C(=O)N(C4CCC(F)CC4)C(CCCCC(=O)O)=NC3C2)=NO1. The van der Waals surface area contributed by atoms with Gasteiger partial charge in [0, 0.05) is 31.2 Å². The molecule has 0 aromatic heterocycles. The van der Waals surface area contributed by atoms with Crippen LogP contribution in [0, 0.1) is 11.8 Å². The van der Waals surface area contributed by atoms with Crippen molar-refractivity contribution in [2.24, 2.45) is 22.0 Å². The first-order valence-electron chi connectivity index (χ1n) is 11.9. The maximum absolute atomic E-state index is 13.7. The van der Waals surface area contributed by atoms with Crippen molar-refractivity contribution in [1.82, 2.24) is 4.90 Å². The highest BCUT2D eigenvalue weighted by Crippen LogP contribution is 2.40. The highest BCUT2D eigenvalue weighted by molar-refractivity contribution is 6.02. The Balaban J connectivity index is 1.50. The molecule has 4 atom stereocenters. The van der Waals surface area contributed by atoms with Crippen LogP contribution in [0.15, 0.2) is 10.1 Å². The van der Waals surface area contributed by atoms with Crippen LogP contribution in [0.25, 0.3) is 0 Å². The summed E-state index contributed by atoms with van der Waals surface area (Å²) in [7, 11) is 0. The van der Waals surface area contributed by atoms with E-state index < -0.39 is 12.1 Å². The van der Waals surface area contributed by atoms with Crippen LogP contribution in [0.2, 0.25) is 0 Å². The number of amidine groups is 1. The van der Waals surface area contributed by atoms with Gasteiger partial charge >= 0.3 is 5.97 Å². The van der Waals surface area contributed by atoms with E-state index in [2.05, 4.69) is 5.16 Å². The Morgan fingerprint density at radius 3 is 2.65 bits per heavy atom. The smallest absolute Gasteiger partial charge is 0.303 e. The number of unbranched alkanes of at least 4 members (excludes halogenated alkanes) is 1. The monoisotopic (exact) mass is 435 g/mol. The lowest BCUT2D eigenvalue weighted by Crippen LogP contribution is -2.55. The second-order valence-electron chi connectivity index (χ2n) is 9.65. The van der Waals surface area contributed by atoms with Gasteiger partial charge in [0.15, 0.2) is 0 Å². The van der Waals surface area contributed by atoms with E-state index in [1.165, 1.54) is 0 Å². The van der Waals surface area contributed by atoms with Crippen LogP contribution in [-0.2, 0) is 14.4 Å². The number of carboxylic acids is 1. The molecule has 0 saturated heterocycles. The number of hydrogen-bond acceptors (Lipinski definition) is 5. The third kappa shape index (κ3) is 5.09. The topological polar surface area (TPSA) is 91.6 Å². The van der Waals surface area contributed by atoms with Crippen LogP contribution in [0.3, 0.4) is 0 Å². The fraction of sp³-hybridized carbons (Fsp3) is 0.826. The van der Waals surface area contributed by atoms with Gasteiger partial charge in [0.25, 0.3) is 0 Å². The number of alkyl halides is 1. The first-order chi connectivity index (χ1) is 14.9. The molecule has 8 heteroatoms. The van der Waals surface area contributed by atoms with Gasteiger partial charge in [0.1, 0.15) is 18.1 Å². The van der Waals surface area contributed by atoms with E-state index in [0.29, 0.717) is 50.9 Å². The lowest BCUT2D eigenvalue weighted by molar-refractivity contribution is -0.138. The zero-order valence-electron chi connectivity index (χ0n) is 18.3. The molecule has 0 aromatic rings. The molecular formula is C23H34FN3O4. The predicted octanol–water partition coefficient (Wildman–Crippen LogP) is 4.10. The molecule has 0 spiro atoms. The highest BCUT2D eigenvalue weighted by Gasteiger charge is 2.45. The number of aliphatic imine (C=N–C) groups is 1. The average Bonchev–Trinajstić information content (AvgIpc) is 3.18. The molecule has 2 heterocycles. The van der Waals surface area contributed by atoms with Crippen molar-refractivity contribution in [3.63, 3.8) is 0 Å². The van der Waals surface area contributed by atoms with Crippen molar-refractivity contribution in [2.75, 3.05) is 0 Å². The Hall–Kier alpha value is -1.99. The molecule has 31 heavy (non-hydrogen) atoms. The fourth-order valence-corrected chi connectivity index (χ4v) is 5.64. The Kier molecular flexibility index (Phi) is 6.92. The standard InChI is InChI=1S/C23H34FN3O4/c1-14-12-19(26-31-14)15-6-11-18-20(13-15)25-21(4-2-3-5-22(28)29)27(23(18)30)17-9-7-16(24)8-10-17/h14-18,20H,2-13H2,1H3,(H,28,29). The molecule has 2 saturated carbocycles. The summed E-state index contributed by atoms with van der Waals surface area (Å²) in [5, 5.41) is 13.2. The third-order valence-corrected chi connectivity index (χ3v) is 7.31. The molecule has 0 aromatic carbocycles. The largest absolute Gasteiger partial charge is 0.481 e. The van der Waals surface area contributed by atoms with Crippen molar-refractivity contribution in [3.8, 4) is 0 Å². The second-order valence-corrected chi connectivity index (χ2v) is 9.65. The third-order valence-electron chi connectivity index (χ3n) is 7.31. The first kappa shape index (κ1) is 22.2. The van der Waals surface area contributed by atoms with Gasteiger partial charge in [-0.05, 0) is 64.7 Å². The summed E-state index contributed by atoms with van der Waals surface area (Å²) in [5.41, 5.74) is 1.10. The van der Waals surface area contributed by atoms with Crippen LogP contribution < -0.4 is 0 Å². The van der Waals surface area contributed by atoms with E-state index in [1.54, 1.807) is 0 Å². The summed E-state index contributed by atoms with van der Waals surface area (Å²) in [6, 6.07) is -0.0297. The first-order valence-corrected chi connectivity index (χ1v) is 11.9. The van der Waals surface area contributed by atoms with E-state index >= 15 is 0 Å². The van der Waals surface area contributed by atoms with Crippen LogP contribution in [0.4, 0.5) is 4.39 Å². The Labute approximate surface area is 183 Å². The van der Waals surface area contributed by atoms with Crippen molar-refractivity contribution >= 4 is 23.4 Å². The maximum atomic E-state index is 13.7. The summed E-state index contributed by atoms with van der Waals surface area (Å²) in [5.74, 6) is 0.334. The lowest BCUT2D eigenvalue weighted by atomic mass is 9.74. The molecule has 2 aliphatic heterocycles. The number of carbonyl (C=O) groups excluding carboxylic acids is 1. The van der Waals surface area contributed by atoms with Crippen LogP contribution in [-0.4, -0.2) is 57.8 Å². The minimum absolute atomic E-state index is 0.0184. The summed E-state index contributed by atoms with van der Waals surface area (Å²) in [4.78, 5) is 36.8. The quantitative estimate of drug-likeness (QED) is 0.610. The van der Waals surface area contributed by atoms with Gasteiger partial charge in [-0.2, -0.15) is 0 Å². The van der Waals surface area contributed by atoms with Gasteiger partial charge in [0.2, 0.25) is 5.91 Å². The van der Waals surface area contributed by atoms with Gasteiger partial charge in [-0.1, -0.05) is 5.16 Å². The summed E-state index contributed by atoms with van der Waals surface area (Å²) < 4.78 is 13.7. The predicted molar refractivity (Wildman–Crippen MR) is 115 cm³/mol. The zero-order valence-corrected chi connectivity index (χ0v) is 18.3. The molecule has 4 aliphatic rings. The fourth-order valence-electron chi connectivity index (χ4n) is 5.64. The molecule has 2 aliphatic carbocycles. The van der Waals surface area contributed by atoms with E-state index in [9.17, 15) is 14.0 Å². The zero-order chi connectivity index (χ0) is 22.0. The number of amides is 1. The summed E-state index contributed by atoms with van der Waals surface area (Å²) >= 11 is 0. The molecule has 1 N–H and O–H groups in total. The molecular weight excluding hydrogens is 401 g/mol. The van der Waals surface area contributed by atoms with E-state index in [4.69, 9.17) is 14.9 Å². The number of nitrogens with zero attached hydrogens (tertiary/aromatic N) is 3. The van der Waals surface area contributed by atoms with Crippen LogP contribution in [0.1, 0.15) is 84.0 Å². The minimum Gasteiger partial charge on any atom is -0.481 e. The number of hydrogen-bond donors (Lipinski definition) is 1. The van der Waals surface area contributed by atoms with Gasteiger partial charge in [-0.25, -0.2) is 4.39 Å². The number of carbonyl (C=O) groups is 2. The highest BCUT2D eigenvalue weighted by atomic mass is 19.1. The van der Waals surface area contributed by atoms with Gasteiger partial charge < -0.3 is 9.94 Å². The van der Waals surface area contributed by atoms with Crippen molar-refractivity contribution in [2.45, 2.75) is 108 Å². The molecule has 2 fully saturated rings.